The van der Waals surface area contributed by atoms with Crippen LogP contribution in [0.5, 0.6) is 5.75 Å². The first-order chi connectivity index (χ1) is 10.8. The third kappa shape index (κ3) is 5.36. The molecule has 0 heterocycles. The largest absolute Gasteiger partial charge is 0.497 e. The molecule has 1 aromatic rings. The van der Waals surface area contributed by atoms with Crippen molar-refractivity contribution in [1.82, 2.24) is 5.32 Å². The Labute approximate surface area is 138 Å². The predicted molar refractivity (Wildman–Crippen MR) is 90.1 cm³/mol. The van der Waals surface area contributed by atoms with Gasteiger partial charge in [-0.25, -0.2) is 0 Å². The molecule has 0 aliphatic carbocycles. The molecular formula is C18H27NO4. The molecule has 1 atom stereocenters. The number of Topliss-reactive ketones (excluding diaryl/α,β-unsaturated/α-hetero) is 1. The van der Waals surface area contributed by atoms with Crippen molar-refractivity contribution in [2.24, 2.45) is 0 Å². The molecule has 1 unspecified atom stereocenters. The number of rotatable bonds is 8. The zero-order chi connectivity index (χ0) is 17.6. The molecule has 0 saturated carbocycles. The first-order valence-corrected chi connectivity index (χ1v) is 7.91. The van der Waals surface area contributed by atoms with Gasteiger partial charge in [0.2, 0.25) is 0 Å². The Morgan fingerprint density at radius 3 is 2.17 bits per heavy atom. The molecule has 1 rings (SSSR count). The number of nitrogens with one attached hydrogen (secondary N) is 1. The van der Waals surface area contributed by atoms with E-state index in [2.05, 4.69) is 5.32 Å². The molecule has 0 bridgehead atoms. The molecule has 1 N–H and O–H groups in total. The van der Waals surface area contributed by atoms with Gasteiger partial charge in [0, 0.05) is 11.6 Å². The fourth-order valence-electron chi connectivity index (χ4n) is 2.62. The molecule has 0 aliphatic rings. The average molecular weight is 321 g/mol. The first-order valence-electron chi connectivity index (χ1n) is 7.91. The van der Waals surface area contributed by atoms with Crippen molar-refractivity contribution in [2.75, 3.05) is 13.7 Å². The molecule has 1 aromatic carbocycles. The van der Waals surface area contributed by atoms with Gasteiger partial charge in [0.25, 0.3) is 0 Å². The van der Waals surface area contributed by atoms with Crippen molar-refractivity contribution in [1.29, 1.82) is 0 Å². The Balaban J connectivity index is 3.11. The number of esters is 1. The molecular weight excluding hydrogens is 294 g/mol. The zero-order valence-electron chi connectivity index (χ0n) is 14.9. The van der Waals surface area contributed by atoms with Gasteiger partial charge in [0.15, 0.2) is 5.78 Å². The number of ether oxygens (including phenoxy) is 2. The lowest BCUT2D eigenvalue weighted by atomic mass is 9.93. The maximum atomic E-state index is 13.0. The van der Waals surface area contributed by atoms with Gasteiger partial charge in [-0.3, -0.25) is 9.59 Å². The van der Waals surface area contributed by atoms with Gasteiger partial charge in [-0.1, -0.05) is 13.8 Å². The Morgan fingerprint density at radius 2 is 1.74 bits per heavy atom. The van der Waals surface area contributed by atoms with E-state index in [1.54, 1.807) is 14.0 Å². The van der Waals surface area contributed by atoms with E-state index < -0.39 is 6.04 Å². The summed E-state index contributed by atoms with van der Waals surface area (Å²) in [5, 5.41) is 3.17. The highest BCUT2D eigenvalue weighted by atomic mass is 16.5. The van der Waals surface area contributed by atoms with Crippen LogP contribution in [0.4, 0.5) is 0 Å². The monoisotopic (exact) mass is 321 g/mol. The second-order valence-corrected chi connectivity index (χ2v) is 5.88. The summed E-state index contributed by atoms with van der Waals surface area (Å²) < 4.78 is 10.2. The Bertz CT molecular complexity index is 543. The quantitative estimate of drug-likeness (QED) is 0.589. The van der Waals surface area contributed by atoms with Crippen LogP contribution in [0.2, 0.25) is 0 Å². The summed E-state index contributed by atoms with van der Waals surface area (Å²) in [5.41, 5.74) is 2.31. The summed E-state index contributed by atoms with van der Waals surface area (Å²) in [5.74, 6) is 0.252. The third-order valence-corrected chi connectivity index (χ3v) is 3.52. The van der Waals surface area contributed by atoms with Crippen LogP contribution in [0.3, 0.4) is 0 Å². The van der Waals surface area contributed by atoms with E-state index in [1.165, 1.54) is 0 Å². The van der Waals surface area contributed by atoms with Gasteiger partial charge < -0.3 is 14.8 Å². The molecule has 0 aromatic heterocycles. The minimum absolute atomic E-state index is 0.0236. The van der Waals surface area contributed by atoms with Gasteiger partial charge in [0.1, 0.15) is 5.75 Å². The maximum absolute atomic E-state index is 13.0. The normalized spacial score (nSPS) is 12.1. The van der Waals surface area contributed by atoms with Crippen LogP contribution in [0.15, 0.2) is 12.1 Å². The minimum Gasteiger partial charge on any atom is -0.497 e. The number of carbonyl (C=O) groups excluding carboxylic acids is 2. The van der Waals surface area contributed by atoms with Crippen molar-refractivity contribution < 1.29 is 19.1 Å². The van der Waals surface area contributed by atoms with Crippen LogP contribution in [0.25, 0.3) is 0 Å². The number of benzene rings is 1. The van der Waals surface area contributed by atoms with Crippen LogP contribution in [0, 0.1) is 13.8 Å². The first kappa shape index (κ1) is 19.2. The number of hydrogen-bond acceptors (Lipinski definition) is 5. The number of methoxy groups -OCH3 is 1. The van der Waals surface area contributed by atoms with Crippen LogP contribution >= 0.6 is 0 Å². The summed E-state index contributed by atoms with van der Waals surface area (Å²) in [6, 6.07) is 3.14. The molecule has 0 amide bonds. The fourth-order valence-corrected chi connectivity index (χ4v) is 2.62. The minimum atomic E-state index is -0.597. The number of aryl methyl sites for hydroxylation is 2. The summed E-state index contributed by atoms with van der Waals surface area (Å²) in [4.78, 5) is 24.8. The van der Waals surface area contributed by atoms with E-state index >= 15 is 0 Å². The molecule has 0 saturated heterocycles. The molecule has 0 aliphatic heterocycles. The Hall–Kier alpha value is -1.88. The van der Waals surface area contributed by atoms with E-state index in [0.29, 0.717) is 12.2 Å². The van der Waals surface area contributed by atoms with Crippen molar-refractivity contribution in [3.8, 4) is 5.75 Å². The maximum Gasteiger partial charge on any atom is 0.307 e. The lowest BCUT2D eigenvalue weighted by Gasteiger charge is -2.21. The van der Waals surface area contributed by atoms with Crippen molar-refractivity contribution in [3.63, 3.8) is 0 Å². The van der Waals surface area contributed by atoms with Gasteiger partial charge in [0.05, 0.1) is 26.2 Å². The average Bonchev–Trinajstić information content (AvgIpc) is 2.45. The molecule has 0 radical (unpaired) electrons. The van der Waals surface area contributed by atoms with Crippen LogP contribution in [-0.2, 0) is 9.53 Å². The lowest BCUT2D eigenvalue weighted by molar-refractivity contribution is -0.143. The molecule has 5 nitrogen and oxygen atoms in total. The van der Waals surface area contributed by atoms with Crippen molar-refractivity contribution in [3.05, 3.63) is 28.8 Å². The third-order valence-electron chi connectivity index (χ3n) is 3.52. The summed E-state index contributed by atoms with van der Waals surface area (Å²) in [7, 11) is 1.60. The highest BCUT2D eigenvalue weighted by Crippen LogP contribution is 2.23. The Morgan fingerprint density at radius 1 is 1.17 bits per heavy atom. The summed E-state index contributed by atoms with van der Waals surface area (Å²) >= 11 is 0. The summed E-state index contributed by atoms with van der Waals surface area (Å²) in [6.07, 6.45) is 0.0236. The highest BCUT2D eigenvalue weighted by Gasteiger charge is 2.26. The van der Waals surface area contributed by atoms with E-state index in [0.717, 1.165) is 16.9 Å². The molecule has 5 heteroatoms. The van der Waals surface area contributed by atoms with Crippen LogP contribution < -0.4 is 10.1 Å². The standard InChI is InChI=1S/C18H27NO4/c1-7-23-16(20)10-15(19-11(2)3)18(21)17-12(4)8-14(22-6)9-13(17)5/h8-9,11,15,19H,7,10H2,1-6H3. The van der Waals surface area contributed by atoms with Crippen molar-refractivity contribution in [2.45, 2.75) is 53.1 Å². The molecule has 128 valence electrons. The second kappa shape index (κ2) is 8.67. The van der Waals surface area contributed by atoms with Gasteiger partial charge in [-0.05, 0) is 44.0 Å². The smallest absolute Gasteiger partial charge is 0.307 e. The number of ketones is 1. The van der Waals surface area contributed by atoms with Gasteiger partial charge in [-0.15, -0.1) is 0 Å². The highest BCUT2D eigenvalue weighted by molar-refractivity contribution is 6.04. The SMILES string of the molecule is CCOC(=O)CC(NC(C)C)C(=O)c1c(C)cc(OC)cc1C. The van der Waals surface area contributed by atoms with E-state index in [4.69, 9.17) is 9.47 Å². The van der Waals surface area contributed by atoms with Gasteiger partial charge in [-0.2, -0.15) is 0 Å². The predicted octanol–water partition coefficient (Wildman–Crippen LogP) is 2.81. The molecule has 0 fully saturated rings. The molecule has 23 heavy (non-hydrogen) atoms. The van der Waals surface area contributed by atoms with E-state index in [-0.39, 0.29) is 24.2 Å². The number of hydrogen-bond donors (Lipinski definition) is 1. The van der Waals surface area contributed by atoms with Crippen LogP contribution in [-0.4, -0.2) is 37.6 Å². The topological polar surface area (TPSA) is 64.6 Å². The van der Waals surface area contributed by atoms with E-state index in [1.807, 2.05) is 39.8 Å². The lowest BCUT2D eigenvalue weighted by Crippen LogP contribution is -2.43. The number of carbonyl (C=O) groups is 2. The fraction of sp³-hybridized carbons (Fsp3) is 0.556. The van der Waals surface area contributed by atoms with Gasteiger partial charge >= 0.3 is 5.97 Å². The summed E-state index contributed by atoms with van der Waals surface area (Å²) in [6.45, 7) is 9.70. The van der Waals surface area contributed by atoms with Crippen molar-refractivity contribution >= 4 is 11.8 Å². The van der Waals surface area contributed by atoms with E-state index in [9.17, 15) is 9.59 Å². The molecule has 0 spiro atoms. The second-order valence-electron chi connectivity index (χ2n) is 5.88. The zero-order valence-corrected chi connectivity index (χ0v) is 14.9. The van der Waals surface area contributed by atoms with Crippen LogP contribution in [0.1, 0.15) is 48.7 Å². The Kier molecular flexibility index (Phi) is 7.23.